The number of carbonyl (C=O) groups excluding carboxylic acids is 1. The number of ketones is 1. The maximum Gasteiger partial charge on any atom is 0.421 e. The third kappa shape index (κ3) is 3.22. The van der Waals surface area contributed by atoms with Gasteiger partial charge in [-0.05, 0) is 0 Å². The molecule has 0 amide bonds. The fraction of sp³-hybridized carbons (Fsp3) is 0.833. The first-order valence-electron chi connectivity index (χ1n) is 3.47. The molecule has 0 aliphatic rings. The van der Waals surface area contributed by atoms with E-state index in [1.54, 1.807) is 0 Å². The number of aliphatic hydroxyl groups is 4. The topological polar surface area (TPSA) is 98.0 Å². The third-order valence-corrected chi connectivity index (χ3v) is 1.42. The van der Waals surface area contributed by atoms with Crippen LogP contribution in [-0.2, 0) is 4.79 Å². The van der Waals surface area contributed by atoms with Crippen LogP contribution < -0.4 is 0 Å². The molecule has 0 aliphatic heterocycles. The maximum absolute atomic E-state index is 11.7. The lowest BCUT2D eigenvalue weighted by molar-refractivity contribution is -0.210. The Balaban J connectivity index is 4.47. The van der Waals surface area contributed by atoms with Gasteiger partial charge in [0.05, 0.1) is 6.61 Å². The van der Waals surface area contributed by atoms with Gasteiger partial charge in [-0.1, -0.05) is 0 Å². The Morgan fingerprint density at radius 1 is 1.21 bits per heavy atom. The lowest BCUT2D eigenvalue weighted by atomic mass is 10.1. The van der Waals surface area contributed by atoms with Gasteiger partial charge in [0.25, 0.3) is 0 Å². The Hall–Kier alpha value is -0.700. The van der Waals surface area contributed by atoms with Gasteiger partial charge in [-0.25, -0.2) is 0 Å². The summed E-state index contributed by atoms with van der Waals surface area (Å²) >= 11 is 0. The Bertz CT molecular complexity index is 204. The fourth-order valence-electron chi connectivity index (χ4n) is 0.613. The van der Waals surface area contributed by atoms with Crippen molar-refractivity contribution >= 4 is 5.78 Å². The van der Waals surface area contributed by atoms with Crippen LogP contribution in [0.15, 0.2) is 0 Å². The van der Waals surface area contributed by atoms with Crippen molar-refractivity contribution in [3.05, 3.63) is 0 Å². The zero-order chi connectivity index (χ0) is 11.5. The zero-order valence-electron chi connectivity index (χ0n) is 6.77. The summed E-state index contributed by atoms with van der Waals surface area (Å²) in [6.45, 7) is -1.09. The molecule has 0 spiro atoms. The van der Waals surface area contributed by atoms with E-state index in [9.17, 15) is 18.0 Å². The Kier molecular flexibility index (Phi) is 4.46. The minimum atomic E-state index is -5.20. The molecule has 0 aliphatic carbocycles. The van der Waals surface area contributed by atoms with Crippen LogP contribution in [0.25, 0.3) is 0 Å². The van der Waals surface area contributed by atoms with Gasteiger partial charge in [-0.2, -0.15) is 13.2 Å². The summed E-state index contributed by atoms with van der Waals surface area (Å²) in [7, 11) is 0. The minimum absolute atomic E-state index is 1.09. The van der Waals surface area contributed by atoms with Crippen molar-refractivity contribution in [2.45, 2.75) is 24.5 Å². The van der Waals surface area contributed by atoms with Crippen LogP contribution in [0.4, 0.5) is 13.2 Å². The van der Waals surface area contributed by atoms with Crippen LogP contribution in [0, 0.1) is 0 Å². The molecule has 0 radical (unpaired) electrons. The van der Waals surface area contributed by atoms with Crippen LogP contribution >= 0.6 is 0 Å². The van der Waals surface area contributed by atoms with E-state index in [4.69, 9.17) is 20.4 Å². The van der Waals surface area contributed by atoms with Gasteiger partial charge in [-0.15, -0.1) is 0 Å². The number of hydrogen-bond acceptors (Lipinski definition) is 5. The number of carbonyl (C=O) groups is 1. The molecule has 0 aromatic carbocycles. The monoisotopic (exact) mass is 218 g/mol. The molecule has 0 saturated carbocycles. The van der Waals surface area contributed by atoms with E-state index in [1.165, 1.54) is 0 Å². The largest absolute Gasteiger partial charge is 0.421 e. The van der Waals surface area contributed by atoms with Gasteiger partial charge in [0.2, 0.25) is 11.9 Å². The quantitative estimate of drug-likeness (QED) is 0.446. The van der Waals surface area contributed by atoms with Crippen molar-refractivity contribution in [2.75, 3.05) is 6.61 Å². The average molecular weight is 218 g/mol. The minimum Gasteiger partial charge on any atom is -0.394 e. The van der Waals surface area contributed by atoms with E-state index in [0.717, 1.165) is 0 Å². The molecule has 0 aromatic rings. The second-order valence-electron chi connectivity index (χ2n) is 2.54. The normalized spacial score (nSPS) is 18.8. The molecule has 4 N–H and O–H groups in total. The zero-order valence-corrected chi connectivity index (χ0v) is 6.77. The second kappa shape index (κ2) is 4.69. The van der Waals surface area contributed by atoms with Gasteiger partial charge in [0, 0.05) is 0 Å². The third-order valence-electron chi connectivity index (χ3n) is 1.42. The summed E-state index contributed by atoms with van der Waals surface area (Å²) in [6.07, 6.45) is -13.1. The molecule has 0 saturated heterocycles. The number of alkyl halides is 3. The van der Waals surface area contributed by atoms with Crippen LogP contribution in [-0.4, -0.2) is 57.3 Å². The highest BCUT2D eigenvalue weighted by Crippen LogP contribution is 2.21. The van der Waals surface area contributed by atoms with E-state index >= 15 is 0 Å². The molecule has 0 unspecified atom stereocenters. The standard InChI is InChI=1S/C6H9F3O5/c7-6(8,9)5(14)4(13)3(12)2(11)1-10/h2-3,5,10-12,14H,1H2/t2-,3+,5+/m1/s1. The highest BCUT2D eigenvalue weighted by atomic mass is 19.4. The molecule has 3 atom stereocenters. The maximum atomic E-state index is 11.7. The average Bonchev–Trinajstić information content (AvgIpc) is 2.11. The van der Waals surface area contributed by atoms with Crippen molar-refractivity contribution in [1.29, 1.82) is 0 Å². The van der Waals surface area contributed by atoms with Gasteiger partial charge in [0.15, 0.2) is 0 Å². The van der Waals surface area contributed by atoms with Crippen LogP contribution in [0.5, 0.6) is 0 Å². The Morgan fingerprint density at radius 2 is 1.64 bits per heavy atom. The fourth-order valence-corrected chi connectivity index (χ4v) is 0.613. The number of aliphatic hydroxyl groups excluding tert-OH is 4. The number of rotatable bonds is 4. The van der Waals surface area contributed by atoms with Crippen molar-refractivity contribution in [1.82, 2.24) is 0 Å². The first-order valence-corrected chi connectivity index (χ1v) is 3.47. The Labute approximate surface area is 76.4 Å². The molecule has 0 rings (SSSR count). The van der Waals surface area contributed by atoms with Crippen LogP contribution in [0.1, 0.15) is 0 Å². The number of Topliss-reactive ketones (excluding diaryl/α,β-unsaturated/α-hetero) is 1. The van der Waals surface area contributed by atoms with E-state index < -0.39 is 36.9 Å². The summed E-state index contributed by atoms with van der Waals surface area (Å²) in [4.78, 5) is 10.6. The van der Waals surface area contributed by atoms with Gasteiger partial charge in [-0.3, -0.25) is 4.79 Å². The molecular formula is C6H9F3O5. The van der Waals surface area contributed by atoms with E-state index in [2.05, 4.69) is 0 Å². The summed E-state index contributed by atoms with van der Waals surface area (Å²) in [5, 5.41) is 33.9. The molecule has 0 aromatic heterocycles. The van der Waals surface area contributed by atoms with Crippen molar-refractivity contribution in [3.8, 4) is 0 Å². The molecule has 14 heavy (non-hydrogen) atoms. The molecule has 0 bridgehead atoms. The first-order chi connectivity index (χ1) is 6.21. The van der Waals surface area contributed by atoms with Gasteiger partial charge < -0.3 is 20.4 Å². The summed E-state index contributed by atoms with van der Waals surface area (Å²) in [6, 6.07) is 0. The first kappa shape index (κ1) is 13.3. The lowest BCUT2D eigenvalue weighted by Crippen LogP contribution is -2.47. The van der Waals surface area contributed by atoms with Crippen molar-refractivity contribution in [3.63, 3.8) is 0 Å². The lowest BCUT2D eigenvalue weighted by Gasteiger charge is -2.19. The summed E-state index contributed by atoms with van der Waals surface area (Å²) in [5.74, 6) is -2.00. The van der Waals surface area contributed by atoms with Gasteiger partial charge >= 0.3 is 6.18 Å². The molecule has 84 valence electrons. The van der Waals surface area contributed by atoms with Crippen molar-refractivity contribution < 1.29 is 38.4 Å². The molecule has 0 heterocycles. The molecule has 8 heteroatoms. The van der Waals surface area contributed by atoms with Crippen molar-refractivity contribution in [2.24, 2.45) is 0 Å². The molecule has 0 fully saturated rings. The Morgan fingerprint density at radius 3 is 1.93 bits per heavy atom. The molecule has 5 nitrogen and oxygen atoms in total. The number of halogens is 3. The predicted octanol–water partition coefficient (Wildman–Crippen LogP) is -1.81. The van der Waals surface area contributed by atoms with E-state index in [-0.39, 0.29) is 0 Å². The van der Waals surface area contributed by atoms with Crippen LogP contribution in [0.2, 0.25) is 0 Å². The summed E-state index contributed by atoms with van der Waals surface area (Å²) in [5.41, 5.74) is 0. The van der Waals surface area contributed by atoms with E-state index in [1.807, 2.05) is 0 Å². The molecular weight excluding hydrogens is 209 g/mol. The summed E-state index contributed by atoms with van der Waals surface area (Å²) < 4.78 is 35.1. The smallest absolute Gasteiger partial charge is 0.394 e. The number of hydrogen-bond donors (Lipinski definition) is 4. The highest BCUT2D eigenvalue weighted by Gasteiger charge is 2.46. The van der Waals surface area contributed by atoms with Crippen LogP contribution in [0.3, 0.4) is 0 Å². The SMILES string of the molecule is O=C([C@@H](O)[C@H](O)CO)[C@H](O)C(F)(F)F. The van der Waals surface area contributed by atoms with Gasteiger partial charge in [0.1, 0.15) is 12.2 Å². The highest BCUT2D eigenvalue weighted by molar-refractivity contribution is 5.88. The predicted molar refractivity (Wildman–Crippen MR) is 36.2 cm³/mol. The van der Waals surface area contributed by atoms with E-state index in [0.29, 0.717) is 0 Å². The second-order valence-corrected chi connectivity index (χ2v) is 2.54.